The van der Waals surface area contributed by atoms with Crippen LogP contribution in [0.2, 0.25) is 0 Å². The van der Waals surface area contributed by atoms with Crippen LogP contribution in [-0.4, -0.2) is 36.7 Å². The molecule has 2 aromatic carbocycles. The summed E-state index contributed by atoms with van der Waals surface area (Å²) in [5.74, 6) is 0.0347. The minimum atomic E-state index is -4.72. The van der Waals surface area contributed by atoms with E-state index in [1.54, 1.807) is 11.9 Å². The van der Waals surface area contributed by atoms with Gasteiger partial charge in [-0.1, -0.05) is 42.5 Å². The van der Waals surface area contributed by atoms with Gasteiger partial charge in [0.2, 0.25) is 5.91 Å². The minimum Gasteiger partial charge on any atom is -0.406 e. The molecule has 1 aliphatic rings. The number of nitrogens with one attached hydrogen (secondary N) is 1. The molecule has 1 saturated heterocycles. The Labute approximate surface area is 195 Å². The molecule has 0 radical (unpaired) electrons. The normalized spacial score (nSPS) is 19.2. The number of likely N-dealkylation sites (tertiary alicyclic amines) is 1. The van der Waals surface area contributed by atoms with E-state index in [1.165, 1.54) is 24.3 Å². The second-order valence-corrected chi connectivity index (χ2v) is 7.10. The summed E-state index contributed by atoms with van der Waals surface area (Å²) in [5.41, 5.74) is 7.68. The molecule has 31 heavy (non-hydrogen) atoms. The third-order valence-electron chi connectivity index (χ3n) is 4.97. The molecule has 1 fully saturated rings. The molecule has 6 nitrogen and oxygen atoms in total. The zero-order valence-electron chi connectivity index (χ0n) is 16.8. The fourth-order valence-corrected chi connectivity index (χ4v) is 3.55. The molecule has 0 aromatic heterocycles. The van der Waals surface area contributed by atoms with Crippen LogP contribution in [0, 0.1) is 5.92 Å². The lowest BCUT2D eigenvalue weighted by Gasteiger charge is -2.25. The van der Waals surface area contributed by atoms with Crippen LogP contribution in [0.3, 0.4) is 0 Å². The van der Waals surface area contributed by atoms with Gasteiger partial charge in [-0.05, 0) is 23.3 Å². The van der Waals surface area contributed by atoms with E-state index in [2.05, 4.69) is 15.0 Å². The SMILES string of the molecule is CN1C(=O)CC(CNC(N)=NCc2ccc(OC(F)(F)F)cc2)C1c1ccccc1.I. The van der Waals surface area contributed by atoms with Gasteiger partial charge in [0.25, 0.3) is 0 Å². The number of ether oxygens (including phenoxy) is 1. The first-order valence-electron chi connectivity index (χ1n) is 9.42. The molecular formula is C21H24F3IN4O2. The maximum Gasteiger partial charge on any atom is 0.573 e. The number of aliphatic imine (C=N–C) groups is 1. The van der Waals surface area contributed by atoms with Gasteiger partial charge in [0.05, 0.1) is 12.6 Å². The largest absolute Gasteiger partial charge is 0.573 e. The third kappa shape index (κ3) is 7.01. The Bertz CT molecular complexity index is 892. The van der Waals surface area contributed by atoms with Crippen molar-refractivity contribution < 1.29 is 22.7 Å². The second-order valence-electron chi connectivity index (χ2n) is 7.10. The zero-order chi connectivity index (χ0) is 21.7. The van der Waals surface area contributed by atoms with Gasteiger partial charge in [-0.2, -0.15) is 0 Å². The molecule has 3 N–H and O–H groups in total. The summed E-state index contributed by atoms with van der Waals surface area (Å²) in [7, 11) is 1.80. The lowest BCUT2D eigenvalue weighted by atomic mass is 9.94. The van der Waals surface area contributed by atoms with Gasteiger partial charge in [-0.25, -0.2) is 4.99 Å². The highest BCUT2D eigenvalue weighted by Crippen LogP contribution is 2.36. The molecular weight excluding hydrogens is 524 g/mol. The van der Waals surface area contributed by atoms with Crippen molar-refractivity contribution >= 4 is 35.8 Å². The molecule has 0 saturated carbocycles. The molecule has 168 valence electrons. The Hall–Kier alpha value is -2.50. The first-order valence-corrected chi connectivity index (χ1v) is 9.42. The van der Waals surface area contributed by atoms with E-state index in [0.717, 1.165) is 5.56 Å². The van der Waals surface area contributed by atoms with Crippen molar-refractivity contribution in [3.05, 3.63) is 65.7 Å². The maximum absolute atomic E-state index is 12.2. The van der Waals surface area contributed by atoms with Crippen LogP contribution in [-0.2, 0) is 11.3 Å². The Balaban J connectivity index is 0.00000341. The molecule has 0 bridgehead atoms. The van der Waals surface area contributed by atoms with Crippen LogP contribution in [0.15, 0.2) is 59.6 Å². The van der Waals surface area contributed by atoms with Gasteiger partial charge in [0.1, 0.15) is 5.75 Å². The summed E-state index contributed by atoms with van der Waals surface area (Å²) < 4.78 is 40.4. The highest BCUT2D eigenvalue weighted by atomic mass is 127. The summed E-state index contributed by atoms with van der Waals surface area (Å²) in [6.07, 6.45) is -4.31. The number of benzene rings is 2. The lowest BCUT2D eigenvalue weighted by molar-refractivity contribution is -0.274. The van der Waals surface area contributed by atoms with Crippen molar-refractivity contribution in [2.75, 3.05) is 13.6 Å². The lowest BCUT2D eigenvalue weighted by Crippen LogP contribution is -2.37. The second kappa shape index (κ2) is 10.7. The van der Waals surface area contributed by atoms with Gasteiger partial charge in [0, 0.05) is 25.9 Å². The molecule has 1 heterocycles. The van der Waals surface area contributed by atoms with Crippen LogP contribution in [0.25, 0.3) is 0 Å². The van der Waals surface area contributed by atoms with Crippen LogP contribution >= 0.6 is 24.0 Å². The molecule has 1 amide bonds. The number of carbonyl (C=O) groups excluding carboxylic acids is 1. The van der Waals surface area contributed by atoms with Crippen LogP contribution in [0.5, 0.6) is 5.75 Å². The summed E-state index contributed by atoms with van der Waals surface area (Å²) in [6.45, 7) is 0.681. The number of hydrogen-bond acceptors (Lipinski definition) is 3. The first kappa shape index (κ1) is 24.8. The summed E-state index contributed by atoms with van der Waals surface area (Å²) in [5, 5.41) is 3.05. The molecule has 2 unspecified atom stereocenters. The van der Waals surface area contributed by atoms with Gasteiger partial charge < -0.3 is 20.7 Å². The molecule has 3 rings (SSSR count). The number of nitrogens with zero attached hydrogens (tertiary/aromatic N) is 2. The topological polar surface area (TPSA) is 80.0 Å². The standard InChI is InChI=1S/C21H23F3N4O2.HI/c1-28-18(29)11-16(19(28)15-5-3-2-4-6-15)13-27-20(25)26-12-14-7-9-17(10-8-14)30-21(22,23)24;/h2-10,16,19H,11-13H2,1H3,(H3,25,26,27);1H. The van der Waals surface area contributed by atoms with E-state index in [9.17, 15) is 18.0 Å². The number of amides is 1. The molecule has 10 heteroatoms. The number of carbonyl (C=O) groups is 1. The van der Waals surface area contributed by atoms with Crippen molar-refractivity contribution in [3.63, 3.8) is 0 Å². The fourth-order valence-electron chi connectivity index (χ4n) is 3.55. The Morgan fingerprint density at radius 3 is 2.45 bits per heavy atom. The molecule has 0 spiro atoms. The Morgan fingerprint density at radius 2 is 1.84 bits per heavy atom. The number of rotatable bonds is 6. The monoisotopic (exact) mass is 548 g/mol. The highest BCUT2D eigenvalue weighted by molar-refractivity contribution is 14.0. The van der Waals surface area contributed by atoms with E-state index in [4.69, 9.17) is 5.73 Å². The quantitative estimate of drug-likeness (QED) is 0.327. The zero-order valence-corrected chi connectivity index (χ0v) is 19.1. The molecule has 2 atom stereocenters. The van der Waals surface area contributed by atoms with Crippen molar-refractivity contribution in [2.24, 2.45) is 16.6 Å². The van der Waals surface area contributed by atoms with E-state index in [-0.39, 0.29) is 60.1 Å². The van der Waals surface area contributed by atoms with Crippen molar-refractivity contribution in [3.8, 4) is 5.75 Å². The number of halogens is 4. The van der Waals surface area contributed by atoms with Gasteiger partial charge in [-0.3, -0.25) is 4.79 Å². The maximum atomic E-state index is 12.2. The average molecular weight is 548 g/mol. The van der Waals surface area contributed by atoms with Gasteiger partial charge in [0.15, 0.2) is 5.96 Å². The third-order valence-corrected chi connectivity index (χ3v) is 4.97. The van der Waals surface area contributed by atoms with Crippen molar-refractivity contribution in [1.82, 2.24) is 10.2 Å². The number of guanidine groups is 1. The van der Waals surface area contributed by atoms with E-state index in [0.29, 0.717) is 18.5 Å². The predicted molar refractivity (Wildman–Crippen MR) is 122 cm³/mol. The van der Waals surface area contributed by atoms with Crippen LogP contribution < -0.4 is 15.8 Å². The van der Waals surface area contributed by atoms with Gasteiger partial charge >= 0.3 is 6.36 Å². The summed E-state index contributed by atoms with van der Waals surface area (Å²) in [4.78, 5) is 18.2. The van der Waals surface area contributed by atoms with Crippen LogP contribution in [0.1, 0.15) is 23.6 Å². The van der Waals surface area contributed by atoms with Gasteiger partial charge in [-0.15, -0.1) is 37.1 Å². The van der Waals surface area contributed by atoms with Crippen molar-refractivity contribution in [1.29, 1.82) is 0 Å². The molecule has 1 aliphatic heterocycles. The molecule has 0 aliphatic carbocycles. The van der Waals surface area contributed by atoms with Crippen LogP contribution in [0.4, 0.5) is 13.2 Å². The predicted octanol–water partition coefficient (Wildman–Crippen LogP) is 3.83. The Kier molecular flexibility index (Phi) is 8.54. The first-order chi connectivity index (χ1) is 14.2. The average Bonchev–Trinajstić information content (AvgIpc) is 2.99. The Morgan fingerprint density at radius 1 is 1.19 bits per heavy atom. The molecule has 2 aromatic rings. The highest BCUT2D eigenvalue weighted by Gasteiger charge is 2.38. The minimum absolute atomic E-state index is 0. The number of alkyl halides is 3. The fraction of sp³-hybridized carbons (Fsp3) is 0.333. The summed E-state index contributed by atoms with van der Waals surface area (Å²) in [6, 6.07) is 15.2. The number of hydrogen-bond donors (Lipinski definition) is 2. The number of nitrogens with two attached hydrogens (primary N) is 1. The van der Waals surface area contributed by atoms with E-state index < -0.39 is 6.36 Å². The van der Waals surface area contributed by atoms with Crippen molar-refractivity contribution in [2.45, 2.75) is 25.4 Å². The van der Waals surface area contributed by atoms with E-state index in [1.807, 2.05) is 30.3 Å². The summed E-state index contributed by atoms with van der Waals surface area (Å²) >= 11 is 0. The smallest absolute Gasteiger partial charge is 0.406 e. The van der Waals surface area contributed by atoms with E-state index >= 15 is 0 Å².